The van der Waals surface area contributed by atoms with Crippen LogP contribution in [0.4, 0.5) is 0 Å². The Bertz CT molecular complexity index is 296. The van der Waals surface area contributed by atoms with Crippen LogP contribution < -0.4 is 0 Å². The SMILES string of the molecule is C[C@@H]1CCC[C@]2(C)CC[C@@H]3C2C1OC3(C)C. The van der Waals surface area contributed by atoms with Crippen molar-refractivity contribution in [3.05, 3.63) is 0 Å². The molecule has 1 saturated heterocycles. The Morgan fingerprint density at radius 3 is 2.56 bits per heavy atom. The highest BCUT2D eigenvalue weighted by molar-refractivity contribution is 5.09. The van der Waals surface area contributed by atoms with Gasteiger partial charge in [-0.2, -0.15) is 0 Å². The van der Waals surface area contributed by atoms with Crippen molar-refractivity contribution in [1.82, 2.24) is 0 Å². The molecule has 0 N–H and O–H groups in total. The Morgan fingerprint density at radius 2 is 1.81 bits per heavy atom. The fourth-order valence-corrected chi connectivity index (χ4v) is 4.99. The third-order valence-electron chi connectivity index (χ3n) is 5.92. The molecule has 92 valence electrons. The lowest BCUT2D eigenvalue weighted by molar-refractivity contribution is -0.0632. The van der Waals surface area contributed by atoms with Crippen LogP contribution in [0.1, 0.15) is 59.8 Å². The highest BCUT2D eigenvalue weighted by Crippen LogP contribution is 2.62. The lowest BCUT2D eigenvalue weighted by atomic mass is 9.70. The standard InChI is InChI=1S/C15H26O/c1-10-6-5-8-15(4)9-7-11-12(15)13(10)16-14(11,2)3/h10-13H,5-9H2,1-4H3/t10-,11-,12?,13?,15-/m1/s1. The summed E-state index contributed by atoms with van der Waals surface area (Å²) in [6.45, 7) is 9.59. The third kappa shape index (κ3) is 1.33. The summed E-state index contributed by atoms with van der Waals surface area (Å²) in [5, 5.41) is 0. The molecule has 0 aromatic rings. The average molecular weight is 222 g/mol. The quantitative estimate of drug-likeness (QED) is 0.601. The van der Waals surface area contributed by atoms with Gasteiger partial charge in [0.25, 0.3) is 0 Å². The fourth-order valence-electron chi connectivity index (χ4n) is 4.99. The van der Waals surface area contributed by atoms with E-state index in [-0.39, 0.29) is 5.60 Å². The lowest BCUT2D eigenvalue weighted by Crippen LogP contribution is -2.32. The van der Waals surface area contributed by atoms with E-state index in [0.717, 1.165) is 17.8 Å². The van der Waals surface area contributed by atoms with Gasteiger partial charge in [0.2, 0.25) is 0 Å². The van der Waals surface area contributed by atoms with Crippen LogP contribution in [0.5, 0.6) is 0 Å². The summed E-state index contributed by atoms with van der Waals surface area (Å²) in [4.78, 5) is 0. The van der Waals surface area contributed by atoms with Gasteiger partial charge in [-0.25, -0.2) is 0 Å². The van der Waals surface area contributed by atoms with E-state index in [1.54, 1.807) is 0 Å². The molecule has 5 atom stereocenters. The second kappa shape index (κ2) is 3.25. The molecule has 0 aromatic carbocycles. The average Bonchev–Trinajstić information content (AvgIpc) is 2.62. The largest absolute Gasteiger partial charge is 0.371 e. The third-order valence-corrected chi connectivity index (χ3v) is 5.92. The second-order valence-electron chi connectivity index (χ2n) is 7.38. The Labute approximate surface area is 99.9 Å². The minimum absolute atomic E-state index is 0.138. The van der Waals surface area contributed by atoms with Crippen LogP contribution >= 0.6 is 0 Å². The summed E-state index contributed by atoms with van der Waals surface area (Å²) in [6, 6.07) is 0. The van der Waals surface area contributed by atoms with Crippen LogP contribution in [0.25, 0.3) is 0 Å². The first-order chi connectivity index (χ1) is 7.44. The molecule has 16 heavy (non-hydrogen) atoms. The summed E-state index contributed by atoms with van der Waals surface area (Å²) >= 11 is 0. The van der Waals surface area contributed by atoms with E-state index in [0.29, 0.717) is 11.5 Å². The van der Waals surface area contributed by atoms with Gasteiger partial charge < -0.3 is 4.74 Å². The predicted octanol–water partition coefficient (Wildman–Crippen LogP) is 4.02. The highest BCUT2D eigenvalue weighted by Gasteiger charge is 2.61. The molecule has 0 amide bonds. The molecule has 1 heteroatoms. The molecule has 0 radical (unpaired) electrons. The Morgan fingerprint density at radius 1 is 1.06 bits per heavy atom. The van der Waals surface area contributed by atoms with Crippen molar-refractivity contribution in [3.8, 4) is 0 Å². The lowest BCUT2D eigenvalue weighted by Gasteiger charge is -2.33. The normalized spacial score (nSPS) is 54.8. The van der Waals surface area contributed by atoms with Gasteiger partial charge in [0.1, 0.15) is 0 Å². The maximum absolute atomic E-state index is 6.44. The molecule has 2 unspecified atom stereocenters. The van der Waals surface area contributed by atoms with E-state index in [9.17, 15) is 0 Å². The van der Waals surface area contributed by atoms with Gasteiger partial charge in [0.05, 0.1) is 11.7 Å². The topological polar surface area (TPSA) is 9.23 Å². The fraction of sp³-hybridized carbons (Fsp3) is 1.00. The highest BCUT2D eigenvalue weighted by atomic mass is 16.5. The van der Waals surface area contributed by atoms with Crippen molar-refractivity contribution in [3.63, 3.8) is 0 Å². The van der Waals surface area contributed by atoms with Crippen LogP contribution in [-0.2, 0) is 4.74 Å². The van der Waals surface area contributed by atoms with Crippen LogP contribution in [0.2, 0.25) is 0 Å². The van der Waals surface area contributed by atoms with Crippen LogP contribution in [0.15, 0.2) is 0 Å². The number of hydrogen-bond acceptors (Lipinski definition) is 1. The summed E-state index contributed by atoms with van der Waals surface area (Å²) in [5.74, 6) is 2.44. The summed E-state index contributed by atoms with van der Waals surface area (Å²) in [5.41, 5.74) is 0.729. The van der Waals surface area contributed by atoms with Gasteiger partial charge in [-0.05, 0) is 62.7 Å². The first kappa shape index (κ1) is 11.1. The Kier molecular flexibility index (Phi) is 2.25. The summed E-state index contributed by atoms with van der Waals surface area (Å²) < 4.78 is 6.44. The zero-order valence-corrected chi connectivity index (χ0v) is 11.3. The molecule has 3 aliphatic rings. The van der Waals surface area contributed by atoms with Gasteiger partial charge in [-0.1, -0.05) is 20.3 Å². The van der Waals surface area contributed by atoms with Crippen LogP contribution in [-0.4, -0.2) is 11.7 Å². The van der Waals surface area contributed by atoms with E-state index in [4.69, 9.17) is 4.74 Å². The zero-order valence-electron chi connectivity index (χ0n) is 11.3. The molecule has 0 aromatic heterocycles. The molecule has 3 fully saturated rings. The maximum Gasteiger partial charge on any atom is 0.0662 e. The smallest absolute Gasteiger partial charge is 0.0662 e. The molecular weight excluding hydrogens is 196 g/mol. The molecule has 1 nitrogen and oxygen atoms in total. The molecule has 1 aliphatic heterocycles. The molecular formula is C15H26O. The van der Waals surface area contributed by atoms with E-state index in [2.05, 4.69) is 27.7 Å². The molecule has 2 aliphatic carbocycles. The van der Waals surface area contributed by atoms with Gasteiger partial charge in [0.15, 0.2) is 0 Å². The first-order valence-electron chi connectivity index (χ1n) is 7.12. The minimum atomic E-state index is 0.138. The molecule has 0 bridgehead atoms. The Balaban J connectivity index is 2.00. The van der Waals surface area contributed by atoms with Gasteiger partial charge in [-0.15, -0.1) is 0 Å². The van der Waals surface area contributed by atoms with Crippen LogP contribution in [0, 0.1) is 23.2 Å². The molecule has 2 saturated carbocycles. The monoisotopic (exact) mass is 222 g/mol. The van der Waals surface area contributed by atoms with E-state index in [1.165, 1.54) is 32.1 Å². The van der Waals surface area contributed by atoms with Gasteiger partial charge >= 0.3 is 0 Å². The Hall–Kier alpha value is -0.0400. The molecule has 0 spiro atoms. The van der Waals surface area contributed by atoms with Crippen molar-refractivity contribution in [2.75, 3.05) is 0 Å². The van der Waals surface area contributed by atoms with Gasteiger partial charge in [0, 0.05) is 0 Å². The number of ether oxygens (including phenoxy) is 1. The first-order valence-corrected chi connectivity index (χ1v) is 7.12. The zero-order chi connectivity index (χ0) is 11.6. The van der Waals surface area contributed by atoms with E-state index >= 15 is 0 Å². The van der Waals surface area contributed by atoms with Gasteiger partial charge in [-0.3, -0.25) is 0 Å². The second-order valence-corrected chi connectivity index (χ2v) is 7.38. The maximum atomic E-state index is 6.44. The van der Waals surface area contributed by atoms with Crippen molar-refractivity contribution < 1.29 is 4.74 Å². The predicted molar refractivity (Wildman–Crippen MR) is 66.3 cm³/mol. The van der Waals surface area contributed by atoms with E-state index in [1.807, 2.05) is 0 Å². The molecule has 3 rings (SSSR count). The molecule has 1 heterocycles. The van der Waals surface area contributed by atoms with E-state index < -0.39 is 0 Å². The minimum Gasteiger partial charge on any atom is -0.371 e. The summed E-state index contributed by atoms with van der Waals surface area (Å²) in [7, 11) is 0. The van der Waals surface area contributed by atoms with Crippen molar-refractivity contribution in [2.24, 2.45) is 23.2 Å². The number of hydrogen-bond donors (Lipinski definition) is 0. The van der Waals surface area contributed by atoms with Crippen LogP contribution in [0.3, 0.4) is 0 Å². The van der Waals surface area contributed by atoms with Crippen molar-refractivity contribution in [1.29, 1.82) is 0 Å². The summed E-state index contributed by atoms with van der Waals surface area (Å²) in [6.07, 6.45) is 7.63. The van der Waals surface area contributed by atoms with Crippen molar-refractivity contribution >= 4 is 0 Å². The van der Waals surface area contributed by atoms with Crippen molar-refractivity contribution in [2.45, 2.75) is 71.5 Å². The number of rotatable bonds is 0.